The molecule has 0 aliphatic carbocycles. The molecule has 1 fully saturated rings. The van der Waals surface area contributed by atoms with Crippen molar-refractivity contribution >= 4 is 21.8 Å². The fraction of sp³-hybridized carbons (Fsp3) is 0.909. The van der Waals surface area contributed by atoms with Crippen LogP contribution in [0.1, 0.15) is 33.1 Å². The Kier molecular flexibility index (Phi) is 5.61. The Hall–Kier alpha value is -0.0900. The van der Waals surface area contributed by atoms with Crippen molar-refractivity contribution in [2.45, 2.75) is 44.0 Å². The van der Waals surface area contributed by atoms with Crippen LogP contribution in [0, 0.1) is 0 Å². The van der Waals surface area contributed by atoms with E-state index in [1.165, 1.54) is 0 Å². The Morgan fingerprint density at radius 1 is 1.47 bits per heavy atom. The lowest BCUT2D eigenvalue weighted by Gasteiger charge is -2.31. The minimum Gasteiger partial charge on any atom is -0.352 e. The van der Waals surface area contributed by atoms with Crippen LogP contribution in [-0.4, -0.2) is 41.3 Å². The van der Waals surface area contributed by atoms with Crippen LogP contribution in [0.3, 0.4) is 0 Å². The molecule has 88 valence electrons. The van der Waals surface area contributed by atoms with Gasteiger partial charge in [0.1, 0.15) is 0 Å². The summed E-state index contributed by atoms with van der Waals surface area (Å²) in [4.78, 5) is 14.0. The van der Waals surface area contributed by atoms with Gasteiger partial charge in [0.15, 0.2) is 0 Å². The van der Waals surface area contributed by atoms with Gasteiger partial charge in [0.05, 0.1) is 4.83 Å². The average Bonchev–Trinajstić information content (AvgIpc) is 2.29. The summed E-state index contributed by atoms with van der Waals surface area (Å²) in [5.74, 6) is 0.146. The predicted molar refractivity (Wildman–Crippen MR) is 66.3 cm³/mol. The molecule has 0 aromatic heterocycles. The van der Waals surface area contributed by atoms with E-state index in [1.807, 2.05) is 6.92 Å². The highest BCUT2D eigenvalue weighted by Gasteiger charge is 2.21. The summed E-state index contributed by atoms with van der Waals surface area (Å²) in [7, 11) is 0. The topological polar surface area (TPSA) is 32.3 Å². The summed E-state index contributed by atoms with van der Waals surface area (Å²) in [6, 6.07) is 0.381. The van der Waals surface area contributed by atoms with Gasteiger partial charge in [-0.25, -0.2) is 0 Å². The Bertz CT molecular complexity index is 203. The van der Waals surface area contributed by atoms with E-state index in [0.29, 0.717) is 6.04 Å². The lowest BCUT2D eigenvalue weighted by molar-refractivity contribution is -0.121. The number of nitrogens with zero attached hydrogens (tertiary/aromatic N) is 1. The summed E-state index contributed by atoms with van der Waals surface area (Å²) in [6.45, 7) is 7.54. The number of rotatable bonds is 4. The summed E-state index contributed by atoms with van der Waals surface area (Å²) >= 11 is 3.37. The minimum absolute atomic E-state index is 0.0262. The van der Waals surface area contributed by atoms with Gasteiger partial charge in [0.25, 0.3) is 0 Å². The second-order valence-corrected chi connectivity index (χ2v) is 5.20. The van der Waals surface area contributed by atoms with E-state index in [9.17, 15) is 4.79 Å². The van der Waals surface area contributed by atoms with Crippen LogP contribution in [-0.2, 0) is 4.79 Å². The third kappa shape index (κ3) is 4.11. The first-order chi connectivity index (χ1) is 7.17. The molecule has 1 rings (SSSR count). The van der Waals surface area contributed by atoms with Gasteiger partial charge in [-0.1, -0.05) is 29.8 Å². The molecule has 1 aliphatic rings. The first-order valence-electron chi connectivity index (χ1n) is 5.84. The van der Waals surface area contributed by atoms with Gasteiger partial charge < -0.3 is 10.2 Å². The van der Waals surface area contributed by atoms with Crippen LogP contribution in [0.5, 0.6) is 0 Å². The van der Waals surface area contributed by atoms with Gasteiger partial charge in [0.2, 0.25) is 5.91 Å². The maximum absolute atomic E-state index is 11.6. The predicted octanol–water partition coefficient (Wildman–Crippen LogP) is 1.76. The van der Waals surface area contributed by atoms with Crippen LogP contribution < -0.4 is 5.32 Å². The van der Waals surface area contributed by atoms with Gasteiger partial charge in [-0.2, -0.15) is 0 Å². The number of likely N-dealkylation sites (tertiary alicyclic amines) is 1. The highest BCUT2D eigenvalue weighted by molar-refractivity contribution is 9.10. The molecule has 0 aromatic carbocycles. The molecule has 1 aliphatic heterocycles. The van der Waals surface area contributed by atoms with Crippen molar-refractivity contribution in [1.29, 1.82) is 0 Å². The summed E-state index contributed by atoms with van der Waals surface area (Å²) < 4.78 is 0. The highest BCUT2D eigenvalue weighted by Crippen LogP contribution is 2.11. The van der Waals surface area contributed by atoms with E-state index in [2.05, 4.69) is 33.1 Å². The summed E-state index contributed by atoms with van der Waals surface area (Å²) in [6.07, 6.45) is 3.02. The zero-order chi connectivity index (χ0) is 11.3. The maximum Gasteiger partial charge on any atom is 0.233 e. The molecule has 1 atom stereocenters. The van der Waals surface area contributed by atoms with Gasteiger partial charge >= 0.3 is 0 Å². The zero-order valence-electron chi connectivity index (χ0n) is 9.63. The third-order valence-corrected chi connectivity index (χ3v) is 4.09. The number of carbonyl (C=O) groups is 1. The number of hydrogen-bond acceptors (Lipinski definition) is 2. The van der Waals surface area contributed by atoms with E-state index in [4.69, 9.17) is 0 Å². The minimum atomic E-state index is -0.0262. The molecule has 1 saturated heterocycles. The fourth-order valence-corrected chi connectivity index (χ4v) is 2.00. The van der Waals surface area contributed by atoms with Gasteiger partial charge in [-0.3, -0.25) is 4.79 Å². The molecule has 1 unspecified atom stereocenters. The molecule has 0 spiro atoms. The van der Waals surface area contributed by atoms with Crippen LogP contribution in [0.15, 0.2) is 0 Å². The van der Waals surface area contributed by atoms with Gasteiger partial charge in [0, 0.05) is 19.1 Å². The molecule has 0 aromatic rings. The number of alkyl halides is 1. The fourth-order valence-electron chi connectivity index (χ4n) is 1.87. The standard InChI is InChI=1S/C11H21BrN2O/c1-3-10(12)11(15)13-9-5-7-14(4-2)8-6-9/h9-10H,3-8H2,1-2H3,(H,13,15). The molecule has 0 bridgehead atoms. The van der Waals surface area contributed by atoms with Crippen molar-refractivity contribution in [3.05, 3.63) is 0 Å². The van der Waals surface area contributed by atoms with E-state index in [1.54, 1.807) is 0 Å². The summed E-state index contributed by atoms with van der Waals surface area (Å²) in [5.41, 5.74) is 0. The molecular weight excluding hydrogens is 256 g/mol. The van der Waals surface area contributed by atoms with Crippen LogP contribution in [0.4, 0.5) is 0 Å². The van der Waals surface area contributed by atoms with Crippen molar-refractivity contribution in [2.24, 2.45) is 0 Å². The lowest BCUT2D eigenvalue weighted by Crippen LogP contribution is -2.46. The van der Waals surface area contributed by atoms with E-state index in [-0.39, 0.29) is 10.7 Å². The van der Waals surface area contributed by atoms with E-state index in [0.717, 1.165) is 38.9 Å². The normalized spacial score (nSPS) is 21.3. The zero-order valence-corrected chi connectivity index (χ0v) is 11.2. The first kappa shape index (κ1) is 13.0. The molecule has 0 saturated carbocycles. The maximum atomic E-state index is 11.6. The number of hydrogen-bond donors (Lipinski definition) is 1. The van der Waals surface area contributed by atoms with Crippen LogP contribution in [0.25, 0.3) is 0 Å². The van der Waals surface area contributed by atoms with Gasteiger partial charge in [-0.05, 0) is 25.8 Å². The SMILES string of the molecule is CCC(Br)C(=O)NC1CCN(CC)CC1. The number of piperidine rings is 1. The Labute approximate surface area is 101 Å². The quantitative estimate of drug-likeness (QED) is 0.794. The van der Waals surface area contributed by atoms with Crippen molar-refractivity contribution < 1.29 is 4.79 Å². The van der Waals surface area contributed by atoms with Crippen molar-refractivity contribution in [3.63, 3.8) is 0 Å². The Morgan fingerprint density at radius 3 is 2.53 bits per heavy atom. The Balaban J connectivity index is 2.26. The number of carbonyl (C=O) groups excluding carboxylic acids is 1. The van der Waals surface area contributed by atoms with Crippen molar-refractivity contribution in [1.82, 2.24) is 10.2 Å². The van der Waals surface area contributed by atoms with Crippen LogP contribution in [0.2, 0.25) is 0 Å². The van der Waals surface area contributed by atoms with Crippen LogP contribution >= 0.6 is 15.9 Å². The Morgan fingerprint density at radius 2 is 2.07 bits per heavy atom. The molecule has 0 radical (unpaired) electrons. The molecule has 1 heterocycles. The second-order valence-electron chi connectivity index (χ2n) is 4.09. The molecule has 1 amide bonds. The third-order valence-electron chi connectivity index (χ3n) is 3.02. The number of halogens is 1. The highest BCUT2D eigenvalue weighted by atomic mass is 79.9. The number of nitrogens with one attached hydrogen (secondary N) is 1. The second kappa shape index (κ2) is 6.48. The van der Waals surface area contributed by atoms with Gasteiger partial charge in [-0.15, -0.1) is 0 Å². The van der Waals surface area contributed by atoms with Crippen molar-refractivity contribution in [3.8, 4) is 0 Å². The summed E-state index contributed by atoms with van der Waals surface area (Å²) in [5, 5.41) is 3.10. The molecule has 15 heavy (non-hydrogen) atoms. The molecule has 3 nitrogen and oxygen atoms in total. The average molecular weight is 277 g/mol. The smallest absolute Gasteiger partial charge is 0.233 e. The molecule has 1 N–H and O–H groups in total. The largest absolute Gasteiger partial charge is 0.352 e. The lowest BCUT2D eigenvalue weighted by atomic mass is 10.0. The first-order valence-corrected chi connectivity index (χ1v) is 6.75. The van der Waals surface area contributed by atoms with E-state index >= 15 is 0 Å². The molecular formula is C11H21BrN2O. The monoisotopic (exact) mass is 276 g/mol. The number of amides is 1. The molecule has 4 heteroatoms. The van der Waals surface area contributed by atoms with E-state index < -0.39 is 0 Å². The van der Waals surface area contributed by atoms with Crippen molar-refractivity contribution in [2.75, 3.05) is 19.6 Å².